The first-order valence-electron chi connectivity index (χ1n) is 2.56. The van der Waals surface area contributed by atoms with E-state index >= 15 is 0 Å². The van der Waals surface area contributed by atoms with Gasteiger partial charge in [-0.05, 0) is 5.41 Å². The van der Waals surface area contributed by atoms with Gasteiger partial charge in [0, 0.05) is 1.43 Å². The zero-order valence-corrected chi connectivity index (χ0v) is 5.21. The molecule has 0 aliphatic carbocycles. The van der Waals surface area contributed by atoms with E-state index in [1.807, 2.05) is 0 Å². The Hall–Kier alpha value is 0. The number of rotatable bonds is 0. The van der Waals surface area contributed by atoms with Crippen LogP contribution in [0.2, 0.25) is 0 Å². The summed E-state index contributed by atoms with van der Waals surface area (Å²) in [4.78, 5) is 0. The Morgan fingerprint density at radius 3 is 1.50 bits per heavy atom. The Labute approximate surface area is 42.0 Å². The van der Waals surface area contributed by atoms with Gasteiger partial charge in [-0.1, -0.05) is 34.1 Å². The van der Waals surface area contributed by atoms with Crippen LogP contribution in [0.3, 0.4) is 0 Å². The molecular weight excluding hydrogens is 72.1 g/mol. The van der Waals surface area contributed by atoms with E-state index < -0.39 is 0 Å². The molecule has 0 rings (SSSR count). The van der Waals surface area contributed by atoms with Gasteiger partial charge < -0.3 is 0 Å². The smallest absolute Gasteiger partial charge is 0 e. The lowest BCUT2D eigenvalue weighted by atomic mass is 9.94. The molecule has 0 aromatic carbocycles. The van der Waals surface area contributed by atoms with Crippen molar-refractivity contribution in [3.63, 3.8) is 0 Å². The van der Waals surface area contributed by atoms with Crippen LogP contribution in [0.25, 0.3) is 0 Å². The highest BCUT2D eigenvalue weighted by Crippen LogP contribution is 2.16. The molecule has 40 valence electrons. The summed E-state index contributed by atoms with van der Waals surface area (Å²) in [5, 5.41) is 0. The summed E-state index contributed by atoms with van der Waals surface area (Å²) in [6.07, 6.45) is 1.27. The minimum Gasteiger partial charge on any atom is -0.0649 e. The van der Waals surface area contributed by atoms with Crippen molar-refractivity contribution in [3.05, 3.63) is 0 Å². The van der Waals surface area contributed by atoms with Crippen LogP contribution < -0.4 is 0 Å². The van der Waals surface area contributed by atoms with E-state index in [2.05, 4.69) is 27.7 Å². The molecule has 0 nitrogen and oxygen atoms in total. The van der Waals surface area contributed by atoms with E-state index in [4.69, 9.17) is 0 Å². The molecular formula is C6H16. The predicted octanol–water partition coefficient (Wildman–Crippen LogP) is 2.69. The Morgan fingerprint density at radius 1 is 1.33 bits per heavy atom. The van der Waals surface area contributed by atoms with E-state index in [0.29, 0.717) is 5.41 Å². The Balaban J connectivity index is 0. The van der Waals surface area contributed by atoms with Crippen molar-refractivity contribution >= 4 is 0 Å². The van der Waals surface area contributed by atoms with Gasteiger partial charge in [0.2, 0.25) is 0 Å². The first-order chi connectivity index (χ1) is 2.56. The van der Waals surface area contributed by atoms with Crippen molar-refractivity contribution in [3.8, 4) is 0 Å². The largest absolute Gasteiger partial charge is 0.0649 e. The summed E-state index contributed by atoms with van der Waals surface area (Å²) in [6.45, 7) is 8.94. The standard InChI is InChI=1S/C6H14.H2/c1-5-6(2,3)4;/h5H2,1-4H3;1H. The molecule has 0 fully saturated rings. The van der Waals surface area contributed by atoms with Crippen LogP contribution in [-0.2, 0) is 0 Å². The lowest BCUT2D eigenvalue weighted by Gasteiger charge is -2.12. The van der Waals surface area contributed by atoms with Crippen LogP contribution >= 0.6 is 0 Å². The summed E-state index contributed by atoms with van der Waals surface area (Å²) in [5.41, 5.74) is 0.542. The third-order valence-electron chi connectivity index (χ3n) is 1.06. The van der Waals surface area contributed by atoms with Gasteiger partial charge in [0.25, 0.3) is 0 Å². The second-order valence-corrected chi connectivity index (χ2v) is 2.91. The van der Waals surface area contributed by atoms with E-state index in [-0.39, 0.29) is 1.43 Å². The fourth-order valence-electron chi connectivity index (χ4n) is 0. The highest BCUT2D eigenvalue weighted by atomic mass is 14.1. The molecule has 0 aliphatic heterocycles. The van der Waals surface area contributed by atoms with E-state index in [1.165, 1.54) is 6.42 Å². The highest BCUT2D eigenvalue weighted by Gasteiger charge is 2.03. The molecule has 0 atom stereocenters. The quantitative estimate of drug-likeness (QED) is 0.427. The average molecular weight is 88.2 g/mol. The molecule has 0 aliphatic rings. The third kappa shape index (κ3) is 4.00. The summed E-state index contributed by atoms with van der Waals surface area (Å²) in [5.74, 6) is 0. The molecule has 0 unspecified atom stereocenters. The van der Waals surface area contributed by atoms with Gasteiger partial charge in [0.15, 0.2) is 0 Å². The van der Waals surface area contributed by atoms with E-state index in [0.717, 1.165) is 0 Å². The van der Waals surface area contributed by atoms with Crippen LogP contribution in [0.4, 0.5) is 0 Å². The Kier molecular flexibility index (Phi) is 1.63. The molecule has 0 aromatic heterocycles. The SMILES string of the molecule is CCC(C)(C)C.[HH]. The fraction of sp³-hybridized carbons (Fsp3) is 1.00. The molecule has 0 aromatic rings. The summed E-state index contributed by atoms with van der Waals surface area (Å²) in [7, 11) is 0. The molecule has 0 radical (unpaired) electrons. The topological polar surface area (TPSA) is 0 Å². The average Bonchev–Trinajstić information content (AvgIpc) is 1.35. The zero-order valence-electron chi connectivity index (χ0n) is 5.21. The first kappa shape index (κ1) is 6.00. The Morgan fingerprint density at radius 2 is 1.50 bits per heavy atom. The van der Waals surface area contributed by atoms with Gasteiger partial charge in [-0.25, -0.2) is 0 Å². The summed E-state index contributed by atoms with van der Waals surface area (Å²) in [6, 6.07) is 0. The van der Waals surface area contributed by atoms with Crippen LogP contribution in [-0.4, -0.2) is 0 Å². The second-order valence-electron chi connectivity index (χ2n) is 2.91. The molecule has 0 heterocycles. The van der Waals surface area contributed by atoms with Gasteiger partial charge in [-0.3, -0.25) is 0 Å². The van der Waals surface area contributed by atoms with Crippen LogP contribution in [0.5, 0.6) is 0 Å². The monoisotopic (exact) mass is 88.1 g/mol. The lowest BCUT2D eigenvalue weighted by molar-refractivity contribution is 0.398. The normalized spacial score (nSPS) is 12.0. The van der Waals surface area contributed by atoms with Gasteiger partial charge in [-0.15, -0.1) is 0 Å². The molecule has 0 saturated heterocycles. The maximum atomic E-state index is 2.24. The zero-order chi connectivity index (χ0) is 5.21. The van der Waals surface area contributed by atoms with Gasteiger partial charge in [0.05, 0.1) is 0 Å². The molecule has 0 bridgehead atoms. The minimum atomic E-state index is 0. The summed E-state index contributed by atoms with van der Waals surface area (Å²) >= 11 is 0. The van der Waals surface area contributed by atoms with Crippen LogP contribution in [0, 0.1) is 5.41 Å². The molecule has 0 amide bonds. The van der Waals surface area contributed by atoms with Gasteiger partial charge in [-0.2, -0.15) is 0 Å². The molecule has 0 heteroatoms. The van der Waals surface area contributed by atoms with Crippen molar-refractivity contribution in [2.24, 2.45) is 5.41 Å². The molecule has 0 spiro atoms. The third-order valence-corrected chi connectivity index (χ3v) is 1.06. The second kappa shape index (κ2) is 1.63. The lowest BCUT2D eigenvalue weighted by Crippen LogP contribution is -2.00. The maximum Gasteiger partial charge on any atom is 0 e. The summed E-state index contributed by atoms with van der Waals surface area (Å²) < 4.78 is 0. The van der Waals surface area contributed by atoms with Crippen LogP contribution in [0.15, 0.2) is 0 Å². The molecule has 6 heavy (non-hydrogen) atoms. The van der Waals surface area contributed by atoms with Gasteiger partial charge in [0.1, 0.15) is 0 Å². The van der Waals surface area contributed by atoms with E-state index in [9.17, 15) is 0 Å². The van der Waals surface area contributed by atoms with Crippen molar-refractivity contribution in [1.82, 2.24) is 0 Å². The number of hydrogen-bond acceptors (Lipinski definition) is 0. The van der Waals surface area contributed by atoms with Gasteiger partial charge >= 0.3 is 0 Å². The fourth-order valence-corrected chi connectivity index (χ4v) is 0. The highest BCUT2D eigenvalue weighted by molar-refractivity contribution is 4.55. The Bertz CT molecular complexity index is 33.9. The van der Waals surface area contributed by atoms with Crippen molar-refractivity contribution < 1.29 is 1.43 Å². The molecule has 0 saturated carbocycles. The van der Waals surface area contributed by atoms with E-state index in [1.54, 1.807) is 0 Å². The minimum absolute atomic E-state index is 0. The molecule has 0 N–H and O–H groups in total. The van der Waals surface area contributed by atoms with Crippen molar-refractivity contribution in [2.45, 2.75) is 34.1 Å². The van der Waals surface area contributed by atoms with Crippen molar-refractivity contribution in [2.75, 3.05) is 0 Å². The predicted molar refractivity (Wildman–Crippen MR) is 31.9 cm³/mol. The number of hydrogen-bond donors (Lipinski definition) is 0. The van der Waals surface area contributed by atoms with Crippen LogP contribution in [0.1, 0.15) is 35.5 Å². The maximum absolute atomic E-state index is 2.24. The first-order valence-corrected chi connectivity index (χ1v) is 2.56. The van der Waals surface area contributed by atoms with Crippen molar-refractivity contribution in [1.29, 1.82) is 0 Å².